The highest BCUT2D eigenvalue weighted by molar-refractivity contribution is 7.89. The van der Waals surface area contributed by atoms with E-state index in [-0.39, 0.29) is 5.02 Å². The largest absolute Gasteiger partial charge is 0.239 e. The summed E-state index contributed by atoms with van der Waals surface area (Å²) < 4.78 is 24.9. The molecule has 0 saturated carbocycles. The van der Waals surface area contributed by atoms with Gasteiger partial charge in [-0.25, -0.2) is 8.42 Å². The molecule has 1 rings (SSSR count). The Balaban J connectivity index is 3.01. The molecule has 0 heterocycles. The molecule has 0 unspecified atom stereocenters. The molecule has 0 bridgehead atoms. The third-order valence-electron chi connectivity index (χ3n) is 1.49. The summed E-state index contributed by atoms with van der Waals surface area (Å²) >= 11 is 11.3. The average Bonchev–Trinajstić information content (AvgIpc) is 2.10. The molecule has 0 radical (unpaired) electrons. The van der Waals surface area contributed by atoms with Crippen molar-refractivity contribution < 1.29 is 8.42 Å². The van der Waals surface area contributed by atoms with Gasteiger partial charge in [0.1, 0.15) is 0 Å². The normalized spacial score (nSPS) is 10.8. The molecule has 0 atom stereocenters. The van der Waals surface area contributed by atoms with Crippen LogP contribution in [0.5, 0.6) is 0 Å². The van der Waals surface area contributed by atoms with Gasteiger partial charge in [-0.1, -0.05) is 29.3 Å². The van der Waals surface area contributed by atoms with Crippen LogP contribution >= 0.6 is 23.2 Å². The fraction of sp³-hybridized carbons (Fsp3) is 0.143. The Morgan fingerprint density at radius 1 is 1.33 bits per heavy atom. The molecular weight excluding hydrogens is 261 g/mol. The molecular formula is C7H5Cl2N3O2S. The fourth-order valence-electron chi connectivity index (χ4n) is 0.925. The summed E-state index contributed by atoms with van der Waals surface area (Å²) in [6.45, 7) is 0. The van der Waals surface area contributed by atoms with Gasteiger partial charge in [-0.15, -0.1) is 0 Å². The minimum absolute atomic E-state index is 0.255. The van der Waals surface area contributed by atoms with E-state index in [0.29, 0.717) is 10.6 Å². The topological polar surface area (TPSA) is 82.9 Å². The third-order valence-corrected chi connectivity index (χ3v) is 3.25. The predicted octanol–water partition coefficient (Wildman–Crippen LogP) is 3.13. The average molecular weight is 266 g/mol. The summed E-state index contributed by atoms with van der Waals surface area (Å²) in [5.74, 6) is -0.395. The van der Waals surface area contributed by atoms with Crippen LogP contribution in [0.2, 0.25) is 10.0 Å². The fourth-order valence-corrected chi connectivity index (χ4v) is 2.02. The minimum atomic E-state index is -3.81. The van der Waals surface area contributed by atoms with E-state index in [2.05, 4.69) is 9.43 Å². The minimum Gasteiger partial charge on any atom is -0.221 e. The molecule has 80 valence electrons. The molecule has 0 aromatic heterocycles. The molecule has 0 spiro atoms. The Bertz CT molecular complexity index is 523. The van der Waals surface area contributed by atoms with Gasteiger partial charge in [-0.2, -0.15) is 0 Å². The Hall–Kier alpha value is -0.940. The van der Waals surface area contributed by atoms with Gasteiger partial charge in [-0.3, -0.25) is 0 Å². The van der Waals surface area contributed by atoms with E-state index in [1.165, 1.54) is 18.2 Å². The molecule has 15 heavy (non-hydrogen) atoms. The number of rotatable bonds is 3. The molecule has 1 aromatic rings. The summed E-state index contributed by atoms with van der Waals surface area (Å²) in [5, 5.41) is 0.590. The SMILES string of the molecule is [N-]=[N+]=NS(=O)(=O)Cc1ccc(Cl)c(Cl)c1. The second-order valence-electron chi connectivity index (χ2n) is 2.65. The van der Waals surface area contributed by atoms with Crippen LogP contribution in [-0.4, -0.2) is 8.42 Å². The third kappa shape index (κ3) is 3.60. The van der Waals surface area contributed by atoms with Crippen molar-refractivity contribution in [2.75, 3.05) is 0 Å². The number of hydrogen-bond donors (Lipinski definition) is 0. The van der Waals surface area contributed by atoms with E-state index in [9.17, 15) is 8.42 Å². The van der Waals surface area contributed by atoms with Gasteiger partial charge in [0, 0.05) is 9.43 Å². The maximum atomic E-state index is 11.1. The lowest BCUT2D eigenvalue weighted by atomic mass is 10.2. The monoisotopic (exact) mass is 265 g/mol. The molecule has 0 saturated heterocycles. The first kappa shape index (κ1) is 12.1. The van der Waals surface area contributed by atoms with Crippen LogP contribution < -0.4 is 0 Å². The number of azide groups is 1. The lowest BCUT2D eigenvalue weighted by molar-refractivity contribution is 0.596. The molecule has 0 aliphatic carbocycles. The number of nitrogens with zero attached hydrogens (tertiary/aromatic N) is 3. The lowest BCUT2D eigenvalue weighted by Gasteiger charge is -2.00. The van der Waals surface area contributed by atoms with Gasteiger partial charge in [0.15, 0.2) is 0 Å². The van der Waals surface area contributed by atoms with E-state index >= 15 is 0 Å². The number of benzene rings is 1. The first-order chi connectivity index (χ1) is 6.94. The Labute approximate surface area is 96.3 Å². The number of hydrogen-bond acceptors (Lipinski definition) is 2. The van der Waals surface area contributed by atoms with Crippen molar-refractivity contribution in [1.82, 2.24) is 0 Å². The quantitative estimate of drug-likeness (QED) is 0.478. The van der Waals surface area contributed by atoms with Gasteiger partial charge in [0.2, 0.25) is 10.0 Å². The molecule has 5 nitrogen and oxygen atoms in total. The zero-order chi connectivity index (χ0) is 11.5. The van der Waals surface area contributed by atoms with Crippen molar-refractivity contribution >= 4 is 33.2 Å². The number of sulfonamides is 1. The summed E-state index contributed by atoms with van der Waals surface area (Å²) in [6, 6.07) is 4.39. The highest BCUT2D eigenvalue weighted by Crippen LogP contribution is 2.23. The van der Waals surface area contributed by atoms with Crippen LogP contribution in [0.15, 0.2) is 22.7 Å². The van der Waals surface area contributed by atoms with Crippen molar-refractivity contribution in [3.05, 3.63) is 44.3 Å². The second kappa shape index (κ2) is 4.72. The maximum Gasteiger partial charge on any atom is 0.239 e. The van der Waals surface area contributed by atoms with Gasteiger partial charge in [0.25, 0.3) is 0 Å². The highest BCUT2D eigenvalue weighted by atomic mass is 35.5. The molecule has 0 fully saturated rings. The van der Waals surface area contributed by atoms with Gasteiger partial charge in [0.05, 0.1) is 15.8 Å². The van der Waals surface area contributed by atoms with Crippen LogP contribution in [0.1, 0.15) is 5.56 Å². The van der Waals surface area contributed by atoms with E-state index < -0.39 is 15.8 Å². The molecule has 8 heteroatoms. The Morgan fingerprint density at radius 2 is 2.00 bits per heavy atom. The molecule has 0 aliphatic rings. The molecule has 0 aliphatic heterocycles. The summed E-state index contributed by atoms with van der Waals surface area (Å²) in [7, 11) is -3.81. The first-order valence-corrected chi connectivity index (χ1v) is 6.04. The number of halogens is 2. The second-order valence-corrected chi connectivity index (χ2v) is 5.08. The van der Waals surface area contributed by atoms with Crippen molar-refractivity contribution in [2.24, 2.45) is 4.52 Å². The lowest BCUT2D eigenvalue weighted by Crippen LogP contribution is -1.98. The van der Waals surface area contributed by atoms with E-state index in [1.807, 2.05) is 0 Å². The summed E-state index contributed by atoms with van der Waals surface area (Å²) in [4.78, 5) is 2.22. The predicted molar refractivity (Wildman–Crippen MR) is 58.2 cm³/mol. The smallest absolute Gasteiger partial charge is 0.221 e. The van der Waals surface area contributed by atoms with Crippen molar-refractivity contribution in [3.63, 3.8) is 0 Å². The van der Waals surface area contributed by atoms with Crippen LogP contribution in [0, 0.1) is 0 Å². The van der Waals surface area contributed by atoms with Gasteiger partial charge >= 0.3 is 0 Å². The summed E-state index contributed by atoms with van der Waals surface area (Å²) in [6.07, 6.45) is 0. The maximum absolute atomic E-state index is 11.1. The molecule has 1 aromatic carbocycles. The van der Waals surface area contributed by atoms with Crippen LogP contribution in [-0.2, 0) is 15.8 Å². The van der Waals surface area contributed by atoms with Crippen LogP contribution in [0.25, 0.3) is 10.4 Å². The zero-order valence-electron chi connectivity index (χ0n) is 7.26. The summed E-state index contributed by atoms with van der Waals surface area (Å²) in [5.41, 5.74) is 8.42. The van der Waals surface area contributed by atoms with Crippen LogP contribution in [0.4, 0.5) is 0 Å². The van der Waals surface area contributed by atoms with Crippen molar-refractivity contribution in [1.29, 1.82) is 0 Å². The molecule has 0 amide bonds. The van der Waals surface area contributed by atoms with E-state index in [0.717, 1.165) is 0 Å². The van der Waals surface area contributed by atoms with Crippen molar-refractivity contribution in [2.45, 2.75) is 5.75 Å². The Morgan fingerprint density at radius 3 is 2.53 bits per heavy atom. The van der Waals surface area contributed by atoms with E-state index in [4.69, 9.17) is 28.7 Å². The van der Waals surface area contributed by atoms with Crippen LogP contribution in [0.3, 0.4) is 0 Å². The first-order valence-electron chi connectivity index (χ1n) is 3.67. The Kier molecular flexibility index (Phi) is 3.82. The van der Waals surface area contributed by atoms with Gasteiger partial charge in [-0.05, 0) is 23.2 Å². The highest BCUT2D eigenvalue weighted by Gasteiger charge is 2.10. The van der Waals surface area contributed by atoms with Gasteiger partial charge < -0.3 is 0 Å². The standard InChI is InChI=1S/C7H5Cl2N3O2S/c8-6-2-1-5(3-7(6)9)4-15(13,14)12-11-10/h1-3H,4H2. The van der Waals surface area contributed by atoms with Crippen molar-refractivity contribution in [3.8, 4) is 0 Å². The molecule has 0 N–H and O–H groups in total. The zero-order valence-corrected chi connectivity index (χ0v) is 9.59. The van der Waals surface area contributed by atoms with E-state index in [1.54, 1.807) is 0 Å².